The molecule has 1 heterocycles. The van der Waals surface area contributed by atoms with Crippen LogP contribution in [0.4, 0.5) is 0 Å². The molecule has 0 radical (unpaired) electrons. The van der Waals surface area contributed by atoms with Crippen molar-refractivity contribution in [1.29, 1.82) is 5.26 Å². The third-order valence-electron chi connectivity index (χ3n) is 3.62. The molecule has 0 saturated heterocycles. The van der Waals surface area contributed by atoms with Gasteiger partial charge in [-0.15, -0.1) is 11.3 Å². The SMILES string of the molecule is Cc1ccccc1-c1csc(C(C#N)=C(O)c2ccccc2Cl)n1. The molecule has 0 aliphatic carbocycles. The van der Waals surface area contributed by atoms with Crippen molar-refractivity contribution in [3.05, 3.63) is 75.1 Å². The second kappa shape index (κ2) is 6.88. The Labute approximate surface area is 149 Å². The van der Waals surface area contributed by atoms with Crippen molar-refractivity contribution in [2.24, 2.45) is 0 Å². The van der Waals surface area contributed by atoms with E-state index in [0.717, 1.165) is 16.8 Å². The summed E-state index contributed by atoms with van der Waals surface area (Å²) in [6.07, 6.45) is 0. The predicted octanol–water partition coefficient (Wildman–Crippen LogP) is 5.72. The maximum absolute atomic E-state index is 10.5. The molecule has 1 N–H and O–H groups in total. The lowest BCUT2D eigenvalue weighted by Gasteiger charge is -2.05. The zero-order chi connectivity index (χ0) is 17.1. The van der Waals surface area contributed by atoms with E-state index in [1.165, 1.54) is 11.3 Å². The normalized spacial score (nSPS) is 11.7. The number of halogens is 1. The van der Waals surface area contributed by atoms with Gasteiger partial charge in [-0.2, -0.15) is 5.26 Å². The molecule has 118 valence electrons. The first-order chi connectivity index (χ1) is 11.6. The van der Waals surface area contributed by atoms with Crippen LogP contribution in [-0.4, -0.2) is 10.1 Å². The number of aryl methyl sites for hydroxylation is 1. The highest BCUT2D eigenvalue weighted by Gasteiger charge is 2.17. The second-order valence-corrected chi connectivity index (χ2v) is 6.43. The van der Waals surface area contributed by atoms with Gasteiger partial charge in [-0.05, 0) is 24.6 Å². The van der Waals surface area contributed by atoms with Gasteiger partial charge in [0.25, 0.3) is 0 Å². The van der Waals surface area contributed by atoms with Gasteiger partial charge in [-0.25, -0.2) is 4.98 Å². The number of benzene rings is 2. The number of hydrogen-bond acceptors (Lipinski definition) is 4. The fourth-order valence-electron chi connectivity index (χ4n) is 2.36. The van der Waals surface area contributed by atoms with Crippen LogP contribution in [0.5, 0.6) is 0 Å². The minimum Gasteiger partial charge on any atom is -0.506 e. The van der Waals surface area contributed by atoms with Gasteiger partial charge in [0, 0.05) is 16.5 Å². The lowest BCUT2D eigenvalue weighted by molar-refractivity contribution is 0.514. The van der Waals surface area contributed by atoms with E-state index in [-0.39, 0.29) is 11.3 Å². The number of nitriles is 1. The number of hydrogen-bond donors (Lipinski definition) is 1. The van der Waals surface area contributed by atoms with Crippen LogP contribution in [0.2, 0.25) is 5.02 Å². The van der Waals surface area contributed by atoms with Crippen LogP contribution in [0.3, 0.4) is 0 Å². The molecule has 0 amide bonds. The molecule has 0 aliphatic heterocycles. The fraction of sp³-hybridized carbons (Fsp3) is 0.0526. The van der Waals surface area contributed by atoms with Gasteiger partial charge in [0.1, 0.15) is 22.4 Å². The predicted molar refractivity (Wildman–Crippen MR) is 98.8 cm³/mol. The van der Waals surface area contributed by atoms with Crippen LogP contribution in [0.25, 0.3) is 22.6 Å². The molecule has 3 nitrogen and oxygen atoms in total. The van der Waals surface area contributed by atoms with Crippen molar-refractivity contribution in [1.82, 2.24) is 4.98 Å². The molecule has 0 bridgehead atoms. The van der Waals surface area contributed by atoms with E-state index < -0.39 is 0 Å². The van der Waals surface area contributed by atoms with Crippen molar-refractivity contribution in [2.45, 2.75) is 6.92 Å². The minimum atomic E-state index is -0.159. The highest BCUT2D eigenvalue weighted by atomic mass is 35.5. The zero-order valence-electron chi connectivity index (χ0n) is 12.8. The van der Waals surface area contributed by atoms with Gasteiger partial charge in [-0.3, -0.25) is 0 Å². The van der Waals surface area contributed by atoms with Crippen LogP contribution in [-0.2, 0) is 0 Å². The van der Waals surface area contributed by atoms with Crippen LogP contribution in [0.15, 0.2) is 53.9 Å². The van der Waals surface area contributed by atoms with Crippen molar-refractivity contribution in [3.8, 4) is 17.3 Å². The number of allylic oxidation sites excluding steroid dienone is 1. The second-order valence-electron chi connectivity index (χ2n) is 5.17. The van der Waals surface area contributed by atoms with Crippen molar-refractivity contribution < 1.29 is 5.11 Å². The summed E-state index contributed by atoms with van der Waals surface area (Å²) in [7, 11) is 0. The number of thiazole rings is 1. The van der Waals surface area contributed by atoms with Gasteiger partial charge in [-0.1, -0.05) is 48.0 Å². The van der Waals surface area contributed by atoms with Gasteiger partial charge in [0.15, 0.2) is 0 Å². The van der Waals surface area contributed by atoms with Crippen molar-refractivity contribution in [3.63, 3.8) is 0 Å². The Balaban J connectivity index is 2.08. The highest BCUT2D eigenvalue weighted by molar-refractivity contribution is 7.11. The maximum atomic E-state index is 10.5. The molecular weight excluding hydrogens is 340 g/mol. The monoisotopic (exact) mass is 352 g/mol. The number of aliphatic hydroxyl groups is 1. The molecule has 5 heteroatoms. The van der Waals surface area contributed by atoms with Gasteiger partial charge < -0.3 is 5.11 Å². The number of aromatic nitrogens is 1. The van der Waals surface area contributed by atoms with Crippen LogP contribution in [0.1, 0.15) is 16.1 Å². The maximum Gasteiger partial charge on any atom is 0.145 e. The van der Waals surface area contributed by atoms with E-state index in [0.29, 0.717) is 15.6 Å². The Hall–Kier alpha value is -2.61. The molecule has 3 aromatic rings. The minimum absolute atomic E-state index is 0.118. The van der Waals surface area contributed by atoms with Gasteiger partial charge in [0.05, 0.1) is 10.7 Å². The topological polar surface area (TPSA) is 56.9 Å². The average molecular weight is 353 g/mol. The molecule has 0 saturated carbocycles. The first-order valence-electron chi connectivity index (χ1n) is 7.22. The molecule has 0 unspecified atom stereocenters. The van der Waals surface area contributed by atoms with Crippen LogP contribution < -0.4 is 0 Å². The Kier molecular flexibility index (Phi) is 4.66. The Morgan fingerprint density at radius 3 is 2.58 bits per heavy atom. The van der Waals surface area contributed by atoms with Crippen molar-refractivity contribution >= 4 is 34.3 Å². The smallest absolute Gasteiger partial charge is 0.145 e. The fourth-order valence-corrected chi connectivity index (χ4v) is 3.40. The largest absolute Gasteiger partial charge is 0.506 e. The molecule has 1 aromatic heterocycles. The first-order valence-corrected chi connectivity index (χ1v) is 8.47. The molecular formula is C19H13ClN2OS. The highest BCUT2D eigenvalue weighted by Crippen LogP contribution is 2.32. The number of nitrogens with zero attached hydrogens (tertiary/aromatic N) is 2. The molecule has 0 atom stereocenters. The lowest BCUT2D eigenvalue weighted by Crippen LogP contribution is -1.91. The molecule has 24 heavy (non-hydrogen) atoms. The molecule has 2 aromatic carbocycles. The molecule has 0 aliphatic rings. The lowest BCUT2D eigenvalue weighted by atomic mass is 10.1. The molecule has 3 rings (SSSR count). The quantitative estimate of drug-likeness (QED) is 0.484. The van der Waals surface area contributed by atoms with Gasteiger partial charge >= 0.3 is 0 Å². The Bertz CT molecular complexity index is 969. The van der Waals surface area contributed by atoms with E-state index >= 15 is 0 Å². The molecule has 0 spiro atoms. The van der Waals surface area contributed by atoms with E-state index in [1.807, 2.05) is 42.6 Å². The summed E-state index contributed by atoms with van der Waals surface area (Å²) in [6.45, 7) is 2.01. The third-order valence-corrected chi connectivity index (χ3v) is 4.81. The number of rotatable bonds is 3. The average Bonchev–Trinajstić information content (AvgIpc) is 3.05. The summed E-state index contributed by atoms with van der Waals surface area (Å²) in [5.41, 5.74) is 3.44. The summed E-state index contributed by atoms with van der Waals surface area (Å²) in [5, 5.41) is 22.7. The van der Waals surface area contributed by atoms with E-state index in [1.54, 1.807) is 24.3 Å². The standard InChI is InChI=1S/C19H13ClN2OS/c1-12-6-2-3-7-13(12)17-11-24-19(22-17)15(10-21)18(23)14-8-4-5-9-16(14)20/h2-9,11,23H,1H3. The third kappa shape index (κ3) is 3.05. The zero-order valence-corrected chi connectivity index (χ0v) is 14.4. The van der Waals surface area contributed by atoms with Crippen LogP contribution >= 0.6 is 22.9 Å². The summed E-state index contributed by atoms with van der Waals surface area (Å²) >= 11 is 7.43. The van der Waals surface area contributed by atoms with E-state index in [2.05, 4.69) is 4.98 Å². The Morgan fingerprint density at radius 2 is 1.88 bits per heavy atom. The molecule has 0 fully saturated rings. The number of aliphatic hydroxyl groups excluding tert-OH is 1. The summed E-state index contributed by atoms with van der Waals surface area (Å²) < 4.78 is 0. The summed E-state index contributed by atoms with van der Waals surface area (Å²) in [4.78, 5) is 4.52. The van der Waals surface area contributed by atoms with Gasteiger partial charge in [0.2, 0.25) is 0 Å². The summed E-state index contributed by atoms with van der Waals surface area (Å²) in [6, 6.07) is 16.8. The Morgan fingerprint density at radius 1 is 1.17 bits per heavy atom. The first kappa shape index (κ1) is 16.3. The summed E-state index contributed by atoms with van der Waals surface area (Å²) in [5.74, 6) is -0.159. The van der Waals surface area contributed by atoms with E-state index in [4.69, 9.17) is 11.6 Å². The van der Waals surface area contributed by atoms with Crippen LogP contribution in [0, 0.1) is 18.3 Å². The van der Waals surface area contributed by atoms with Crippen molar-refractivity contribution in [2.75, 3.05) is 0 Å². The van der Waals surface area contributed by atoms with E-state index in [9.17, 15) is 10.4 Å².